The van der Waals surface area contributed by atoms with Crippen LogP contribution in [0, 0.1) is 6.92 Å². The molecule has 1 saturated heterocycles. The average molecular weight is 492 g/mol. The average Bonchev–Trinajstić information content (AvgIpc) is 2.87. The topological polar surface area (TPSA) is 60.9 Å². The molecule has 1 aromatic heterocycles. The maximum atomic E-state index is 13.5. The predicted molar refractivity (Wildman–Crippen MR) is 146 cm³/mol. The SMILES string of the molecule is CCN(c1cccc2c1C/C=C\CCc1cc(C)nc(OC)c1CNC2=O)C1CCN(N(C)C)CC1. The van der Waals surface area contributed by atoms with Crippen molar-refractivity contribution in [2.45, 2.75) is 58.5 Å². The first kappa shape index (κ1) is 26.2. The summed E-state index contributed by atoms with van der Waals surface area (Å²) in [4.78, 5) is 20.6. The Morgan fingerprint density at radius 3 is 2.64 bits per heavy atom. The van der Waals surface area contributed by atoms with Crippen LogP contribution in [0.3, 0.4) is 0 Å². The third kappa shape index (κ3) is 5.73. The van der Waals surface area contributed by atoms with Crippen LogP contribution in [0.5, 0.6) is 5.88 Å². The summed E-state index contributed by atoms with van der Waals surface area (Å²) in [5.41, 5.74) is 6.12. The van der Waals surface area contributed by atoms with E-state index in [-0.39, 0.29) is 5.91 Å². The zero-order valence-electron chi connectivity index (χ0n) is 22.5. The van der Waals surface area contributed by atoms with E-state index in [1.807, 2.05) is 19.1 Å². The molecule has 0 bridgehead atoms. The van der Waals surface area contributed by atoms with Crippen LogP contribution >= 0.6 is 0 Å². The number of carbonyl (C=O) groups excluding carboxylic acids is 1. The summed E-state index contributed by atoms with van der Waals surface area (Å²) in [7, 11) is 5.87. The second-order valence-electron chi connectivity index (χ2n) is 9.93. The number of pyridine rings is 1. The molecule has 0 radical (unpaired) electrons. The third-order valence-corrected chi connectivity index (χ3v) is 7.49. The summed E-state index contributed by atoms with van der Waals surface area (Å²) in [6.07, 6.45) is 9.27. The quantitative estimate of drug-likeness (QED) is 0.635. The van der Waals surface area contributed by atoms with E-state index in [0.29, 0.717) is 18.5 Å². The number of benzene rings is 1. The van der Waals surface area contributed by atoms with Crippen LogP contribution in [-0.4, -0.2) is 67.8 Å². The van der Waals surface area contributed by atoms with Crippen molar-refractivity contribution in [1.82, 2.24) is 20.3 Å². The van der Waals surface area contributed by atoms with E-state index in [0.717, 1.165) is 74.1 Å². The number of anilines is 1. The van der Waals surface area contributed by atoms with Gasteiger partial charge in [-0.15, -0.1) is 0 Å². The van der Waals surface area contributed by atoms with Gasteiger partial charge in [0.05, 0.1) is 7.11 Å². The van der Waals surface area contributed by atoms with Crippen molar-refractivity contribution in [1.29, 1.82) is 0 Å². The molecule has 0 saturated carbocycles. The normalized spacial score (nSPS) is 18.4. The molecule has 3 heterocycles. The number of hydrogen-bond donors (Lipinski definition) is 1. The second kappa shape index (κ2) is 11.9. The fourth-order valence-corrected chi connectivity index (χ4v) is 5.60. The fourth-order valence-electron chi connectivity index (χ4n) is 5.60. The fraction of sp³-hybridized carbons (Fsp3) is 0.517. The highest BCUT2D eigenvalue weighted by atomic mass is 16.5. The molecule has 0 unspecified atom stereocenters. The van der Waals surface area contributed by atoms with Gasteiger partial charge in [-0.1, -0.05) is 18.2 Å². The lowest BCUT2D eigenvalue weighted by atomic mass is 9.96. The Labute approximate surface area is 216 Å². The first-order valence-corrected chi connectivity index (χ1v) is 13.2. The first-order valence-electron chi connectivity index (χ1n) is 13.2. The highest BCUT2D eigenvalue weighted by Crippen LogP contribution is 2.31. The van der Waals surface area contributed by atoms with Crippen molar-refractivity contribution in [3.8, 4) is 5.88 Å². The Hall–Kier alpha value is -2.90. The van der Waals surface area contributed by atoms with Gasteiger partial charge in [-0.2, -0.15) is 0 Å². The summed E-state index contributed by atoms with van der Waals surface area (Å²) < 4.78 is 5.58. The minimum Gasteiger partial charge on any atom is -0.481 e. The molecule has 0 atom stereocenters. The Balaban J connectivity index is 1.65. The van der Waals surface area contributed by atoms with E-state index in [9.17, 15) is 4.79 Å². The lowest BCUT2D eigenvalue weighted by Crippen LogP contribution is -2.49. The maximum Gasteiger partial charge on any atom is 0.251 e. The molecule has 4 rings (SSSR count). The molecule has 0 spiro atoms. The van der Waals surface area contributed by atoms with Crippen molar-refractivity contribution in [3.05, 3.63) is 64.4 Å². The second-order valence-corrected chi connectivity index (χ2v) is 9.93. The van der Waals surface area contributed by atoms with Crippen molar-refractivity contribution in [2.24, 2.45) is 0 Å². The van der Waals surface area contributed by atoms with E-state index >= 15 is 0 Å². The van der Waals surface area contributed by atoms with Crippen LogP contribution in [0.15, 0.2) is 36.4 Å². The number of allylic oxidation sites excluding steroid dienone is 2. The van der Waals surface area contributed by atoms with Gasteiger partial charge < -0.3 is 15.0 Å². The van der Waals surface area contributed by atoms with Gasteiger partial charge in [0.1, 0.15) is 0 Å². The molecule has 7 heteroatoms. The Bertz CT molecular complexity index is 1090. The molecule has 1 N–H and O–H groups in total. The van der Waals surface area contributed by atoms with Crippen LogP contribution in [0.4, 0.5) is 5.69 Å². The molecular weight excluding hydrogens is 450 g/mol. The summed E-state index contributed by atoms with van der Waals surface area (Å²) in [5, 5.41) is 7.77. The summed E-state index contributed by atoms with van der Waals surface area (Å²) in [6, 6.07) is 8.76. The number of nitrogens with zero attached hydrogens (tertiary/aromatic N) is 4. The number of hydrogen-bond acceptors (Lipinski definition) is 6. The number of hydrazine groups is 1. The Kier molecular flexibility index (Phi) is 8.64. The number of aromatic nitrogens is 1. The molecule has 194 valence electrons. The smallest absolute Gasteiger partial charge is 0.251 e. The van der Waals surface area contributed by atoms with Crippen LogP contribution in [0.2, 0.25) is 0 Å². The van der Waals surface area contributed by atoms with Crippen molar-refractivity contribution in [3.63, 3.8) is 0 Å². The zero-order chi connectivity index (χ0) is 25.7. The molecule has 2 aliphatic rings. The molecule has 0 aliphatic carbocycles. The van der Waals surface area contributed by atoms with Crippen molar-refractivity contribution >= 4 is 11.6 Å². The van der Waals surface area contributed by atoms with Crippen LogP contribution in [0.1, 0.15) is 58.9 Å². The minimum atomic E-state index is -0.0483. The lowest BCUT2D eigenvalue weighted by Gasteiger charge is -2.42. The van der Waals surface area contributed by atoms with Gasteiger partial charge in [0.15, 0.2) is 0 Å². The van der Waals surface area contributed by atoms with Gasteiger partial charge in [0.2, 0.25) is 5.88 Å². The maximum absolute atomic E-state index is 13.5. The number of ether oxygens (including phenoxy) is 1. The minimum absolute atomic E-state index is 0.0483. The van der Waals surface area contributed by atoms with Crippen molar-refractivity contribution in [2.75, 3.05) is 45.7 Å². The largest absolute Gasteiger partial charge is 0.481 e. The number of nitrogens with one attached hydrogen (secondary N) is 1. The molecular formula is C29H41N5O2. The number of aryl methyl sites for hydroxylation is 2. The van der Waals surface area contributed by atoms with E-state index in [4.69, 9.17) is 4.74 Å². The molecule has 1 aromatic carbocycles. The Morgan fingerprint density at radius 2 is 1.94 bits per heavy atom. The van der Waals surface area contributed by atoms with E-state index in [1.165, 1.54) is 11.3 Å². The van der Waals surface area contributed by atoms with Gasteiger partial charge in [0, 0.05) is 68.8 Å². The summed E-state index contributed by atoms with van der Waals surface area (Å²) in [5.74, 6) is 0.550. The molecule has 1 amide bonds. The monoisotopic (exact) mass is 491 g/mol. The van der Waals surface area contributed by atoms with Gasteiger partial charge in [-0.3, -0.25) is 4.79 Å². The number of rotatable bonds is 5. The number of fused-ring (bicyclic) bond motifs is 2. The predicted octanol–water partition coefficient (Wildman–Crippen LogP) is 4.14. The highest BCUT2D eigenvalue weighted by molar-refractivity contribution is 5.97. The molecule has 2 aliphatic heterocycles. The zero-order valence-corrected chi connectivity index (χ0v) is 22.5. The standard InChI is InChI=1S/C29H41N5O2/c1-6-34(23-15-17-33(18-16-23)32(3)4)27-14-10-13-25-24(27)12-9-7-8-11-22-19-21(2)31-29(36-5)26(22)20-30-28(25)35/h7,9-10,13-14,19,23H,6,8,11-12,15-18,20H2,1-5H3,(H,30,35)/b9-7-. The van der Waals surface area contributed by atoms with Crippen LogP contribution in [-0.2, 0) is 19.4 Å². The van der Waals surface area contributed by atoms with E-state index in [2.05, 4.69) is 70.5 Å². The van der Waals surface area contributed by atoms with Crippen LogP contribution < -0.4 is 15.0 Å². The third-order valence-electron chi connectivity index (χ3n) is 7.49. The lowest BCUT2D eigenvalue weighted by molar-refractivity contribution is 0.00235. The Morgan fingerprint density at radius 1 is 1.17 bits per heavy atom. The van der Waals surface area contributed by atoms with Gasteiger partial charge in [-0.05, 0) is 75.3 Å². The molecule has 2 aromatic rings. The number of carbonyl (C=O) groups is 1. The molecule has 1 fully saturated rings. The number of methoxy groups -OCH3 is 1. The number of piperidine rings is 1. The first-order chi connectivity index (χ1) is 17.4. The molecule has 7 nitrogen and oxygen atoms in total. The number of amides is 1. The van der Waals surface area contributed by atoms with Gasteiger partial charge in [-0.25, -0.2) is 15.0 Å². The van der Waals surface area contributed by atoms with E-state index < -0.39 is 0 Å². The van der Waals surface area contributed by atoms with Crippen LogP contribution in [0.25, 0.3) is 0 Å². The van der Waals surface area contributed by atoms with Gasteiger partial charge >= 0.3 is 0 Å². The van der Waals surface area contributed by atoms with Gasteiger partial charge in [0.25, 0.3) is 5.91 Å². The summed E-state index contributed by atoms with van der Waals surface area (Å²) in [6.45, 7) is 7.63. The molecule has 36 heavy (non-hydrogen) atoms. The van der Waals surface area contributed by atoms with Crippen molar-refractivity contribution < 1.29 is 9.53 Å². The summed E-state index contributed by atoms with van der Waals surface area (Å²) >= 11 is 0. The van der Waals surface area contributed by atoms with E-state index in [1.54, 1.807) is 7.11 Å². The highest BCUT2D eigenvalue weighted by Gasteiger charge is 2.27.